The second-order valence-electron chi connectivity index (χ2n) is 6.56. The van der Waals surface area contributed by atoms with Gasteiger partial charge in [-0.1, -0.05) is 6.58 Å². The lowest BCUT2D eigenvalue weighted by molar-refractivity contribution is -0.111. The molecule has 150 valence electrons. The van der Waals surface area contributed by atoms with E-state index in [0.29, 0.717) is 17.3 Å². The monoisotopic (exact) mass is 400 g/mol. The minimum Gasteiger partial charge on any atom is -0.497 e. The number of pyridine rings is 2. The van der Waals surface area contributed by atoms with E-state index in [4.69, 9.17) is 9.47 Å². The second kappa shape index (κ2) is 8.08. The molecule has 0 aliphatic carbocycles. The number of nitrogens with zero attached hydrogens (tertiary/aromatic N) is 2. The third-order valence-electron chi connectivity index (χ3n) is 4.72. The molecule has 0 unspecified atom stereocenters. The SMILES string of the molecule is C=CC(=O)Nc1cc(OC)cc(-c2cnc3[nH]cc(-c4ccc(OC)nc4)c3c2)c1. The molecule has 2 N–H and O–H groups in total. The zero-order chi connectivity index (χ0) is 21.1. The average molecular weight is 400 g/mol. The van der Waals surface area contributed by atoms with E-state index in [1.165, 1.54) is 6.08 Å². The molecule has 3 heterocycles. The average Bonchev–Trinajstić information content (AvgIpc) is 3.22. The van der Waals surface area contributed by atoms with Gasteiger partial charge in [-0.25, -0.2) is 9.97 Å². The van der Waals surface area contributed by atoms with Crippen LogP contribution in [0.15, 0.2) is 67.6 Å². The first-order chi connectivity index (χ1) is 14.6. The number of carbonyl (C=O) groups excluding carboxylic acids is 1. The Bertz CT molecular complexity index is 1230. The molecular weight excluding hydrogens is 380 g/mol. The maximum Gasteiger partial charge on any atom is 0.247 e. The summed E-state index contributed by atoms with van der Waals surface area (Å²) in [5.74, 6) is 0.895. The number of hydrogen-bond donors (Lipinski definition) is 2. The molecule has 4 aromatic rings. The summed E-state index contributed by atoms with van der Waals surface area (Å²) in [6.45, 7) is 3.49. The fourth-order valence-corrected chi connectivity index (χ4v) is 3.21. The van der Waals surface area contributed by atoms with Gasteiger partial charge in [0.1, 0.15) is 11.4 Å². The van der Waals surface area contributed by atoms with Crippen LogP contribution < -0.4 is 14.8 Å². The smallest absolute Gasteiger partial charge is 0.247 e. The summed E-state index contributed by atoms with van der Waals surface area (Å²) in [4.78, 5) is 23.8. The Morgan fingerprint density at radius 3 is 2.57 bits per heavy atom. The Morgan fingerprint density at radius 2 is 1.87 bits per heavy atom. The molecule has 0 saturated carbocycles. The van der Waals surface area contributed by atoms with E-state index in [2.05, 4.69) is 26.8 Å². The Balaban J connectivity index is 1.78. The van der Waals surface area contributed by atoms with E-state index >= 15 is 0 Å². The fourth-order valence-electron chi connectivity index (χ4n) is 3.21. The van der Waals surface area contributed by atoms with E-state index in [0.717, 1.165) is 33.3 Å². The molecule has 1 aromatic carbocycles. The van der Waals surface area contributed by atoms with Gasteiger partial charge in [0, 0.05) is 58.5 Å². The van der Waals surface area contributed by atoms with E-state index in [-0.39, 0.29) is 5.91 Å². The number of benzene rings is 1. The minimum absolute atomic E-state index is 0.289. The molecular formula is C23H20N4O3. The molecule has 3 aromatic heterocycles. The maximum atomic E-state index is 11.7. The molecule has 0 atom stereocenters. The van der Waals surface area contributed by atoms with E-state index in [1.54, 1.807) is 32.7 Å². The molecule has 7 heteroatoms. The first kappa shape index (κ1) is 19.2. The molecule has 0 fully saturated rings. The van der Waals surface area contributed by atoms with Crippen LogP contribution in [0.3, 0.4) is 0 Å². The topological polar surface area (TPSA) is 89.1 Å². The summed E-state index contributed by atoms with van der Waals surface area (Å²) in [5.41, 5.74) is 5.07. The zero-order valence-corrected chi connectivity index (χ0v) is 16.6. The van der Waals surface area contributed by atoms with Gasteiger partial charge in [0.05, 0.1) is 14.2 Å². The number of ether oxygens (including phenoxy) is 2. The van der Waals surface area contributed by atoms with Gasteiger partial charge in [0.25, 0.3) is 0 Å². The Morgan fingerprint density at radius 1 is 1.03 bits per heavy atom. The molecule has 0 saturated heterocycles. The summed E-state index contributed by atoms with van der Waals surface area (Å²) < 4.78 is 10.5. The predicted molar refractivity (Wildman–Crippen MR) is 117 cm³/mol. The molecule has 0 spiro atoms. The van der Waals surface area contributed by atoms with Gasteiger partial charge in [0.2, 0.25) is 11.8 Å². The summed E-state index contributed by atoms with van der Waals surface area (Å²) >= 11 is 0. The van der Waals surface area contributed by atoms with Crippen LogP contribution in [-0.4, -0.2) is 35.1 Å². The molecule has 0 radical (unpaired) electrons. The van der Waals surface area contributed by atoms with Crippen LogP contribution in [0.2, 0.25) is 0 Å². The number of H-pyrrole nitrogens is 1. The number of amides is 1. The normalized spacial score (nSPS) is 10.6. The number of aromatic amines is 1. The number of anilines is 1. The van der Waals surface area contributed by atoms with Crippen molar-refractivity contribution in [2.45, 2.75) is 0 Å². The van der Waals surface area contributed by atoms with Crippen molar-refractivity contribution in [1.82, 2.24) is 15.0 Å². The summed E-state index contributed by atoms with van der Waals surface area (Å²) in [7, 11) is 3.17. The molecule has 4 rings (SSSR count). The van der Waals surface area contributed by atoms with Gasteiger partial charge in [-0.05, 0) is 35.9 Å². The van der Waals surface area contributed by atoms with Crippen LogP contribution in [0.25, 0.3) is 33.3 Å². The van der Waals surface area contributed by atoms with Crippen LogP contribution >= 0.6 is 0 Å². The molecule has 7 nitrogen and oxygen atoms in total. The highest BCUT2D eigenvalue weighted by Gasteiger charge is 2.11. The predicted octanol–water partition coefficient (Wildman–Crippen LogP) is 4.43. The van der Waals surface area contributed by atoms with Crippen LogP contribution in [0, 0.1) is 0 Å². The molecule has 0 aliphatic heterocycles. The third kappa shape index (κ3) is 3.73. The number of methoxy groups -OCH3 is 2. The highest BCUT2D eigenvalue weighted by Crippen LogP contribution is 2.33. The van der Waals surface area contributed by atoms with Crippen molar-refractivity contribution in [2.75, 3.05) is 19.5 Å². The number of nitrogens with one attached hydrogen (secondary N) is 2. The highest BCUT2D eigenvalue weighted by molar-refractivity contribution is 6.00. The van der Waals surface area contributed by atoms with Gasteiger partial charge >= 0.3 is 0 Å². The van der Waals surface area contributed by atoms with Crippen molar-refractivity contribution in [3.63, 3.8) is 0 Å². The standard InChI is InChI=1S/C23H20N4O3/c1-4-21(28)27-17-7-15(8-18(10-17)29-2)16-9-19-20(13-26-23(19)25-12-16)14-5-6-22(30-3)24-11-14/h4-13H,1H2,2-3H3,(H,25,26)(H,27,28). The lowest BCUT2D eigenvalue weighted by atomic mass is 10.0. The van der Waals surface area contributed by atoms with Crippen LogP contribution in [-0.2, 0) is 4.79 Å². The van der Waals surface area contributed by atoms with Crippen LogP contribution in [0.5, 0.6) is 11.6 Å². The number of aromatic nitrogens is 3. The van der Waals surface area contributed by atoms with Crippen LogP contribution in [0.4, 0.5) is 5.69 Å². The third-order valence-corrected chi connectivity index (χ3v) is 4.72. The first-order valence-corrected chi connectivity index (χ1v) is 9.21. The molecule has 30 heavy (non-hydrogen) atoms. The number of rotatable bonds is 6. The van der Waals surface area contributed by atoms with Gasteiger partial charge < -0.3 is 19.8 Å². The van der Waals surface area contributed by atoms with Gasteiger partial charge in [-0.15, -0.1) is 0 Å². The summed E-state index contributed by atoms with van der Waals surface area (Å²) in [6, 6.07) is 11.3. The Kier molecular flexibility index (Phi) is 5.17. The quantitative estimate of drug-likeness (QED) is 0.467. The highest BCUT2D eigenvalue weighted by atomic mass is 16.5. The van der Waals surface area contributed by atoms with Gasteiger partial charge in [0.15, 0.2) is 0 Å². The largest absolute Gasteiger partial charge is 0.497 e. The molecule has 0 aliphatic rings. The van der Waals surface area contributed by atoms with Gasteiger partial charge in [-0.3, -0.25) is 4.79 Å². The lowest BCUT2D eigenvalue weighted by Crippen LogP contribution is -2.07. The Hall–Kier alpha value is -4.13. The van der Waals surface area contributed by atoms with Crippen LogP contribution in [0.1, 0.15) is 0 Å². The number of hydrogen-bond acceptors (Lipinski definition) is 5. The first-order valence-electron chi connectivity index (χ1n) is 9.21. The van der Waals surface area contributed by atoms with Gasteiger partial charge in [-0.2, -0.15) is 0 Å². The number of fused-ring (bicyclic) bond motifs is 1. The van der Waals surface area contributed by atoms with Crippen molar-refractivity contribution in [3.8, 4) is 33.9 Å². The van der Waals surface area contributed by atoms with Crippen molar-refractivity contribution in [3.05, 3.63) is 67.6 Å². The van der Waals surface area contributed by atoms with E-state index in [1.807, 2.05) is 36.5 Å². The molecule has 1 amide bonds. The van der Waals surface area contributed by atoms with Crippen molar-refractivity contribution in [2.24, 2.45) is 0 Å². The summed E-state index contributed by atoms with van der Waals surface area (Å²) in [5, 5.41) is 3.73. The Labute approximate surface area is 173 Å². The van der Waals surface area contributed by atoms with Crippen molar-refractivity contribution in [1.29, 1.82) is 0 Å². The van der Waals surface area contributed by atoms with E-state index < -0.39 is 0 Å². The number of carbonyl (C=O) groups is 1. The summed E-state index contributed by atoms with van der Waals surface area (Å²) in [6.07, 6.45) is 6.68. The zero-order valence-electron chi connectivity index (χ0n) is 16.6. The fraction of sp³-hybridized carbons (Fsp3) is 0.0870. The molecule has 0 bridgehead atoms. The van der Waals surface area contributed by atoms with Crippen molar-refractivity contribution >= 4 is 22.6 Å². The minimum atomic E-state index is -0.289. The van der Waals surface area contributed by atoms with Crippen molar-refractivity contribution < 1.29 is 14.3 Å². The lowest BCUT2D eigenvalue weighted by Gasteiger charge is -2.10. The second-order valence-corrected chi connectivity index (χ2v) is 6.56. The van der Waals surface area contributed by atoms with E-state index in [9.17, 15) is 4.79 Å². The maximum absolute atomic E-state index is 11.7.